The Labute approximate surface area is 107 Å². The maximum atomic E-state index is 11.6. The van der Waals surface area contributed by atoms with Gasteiger partial charge in [-0.15, -0.1) is 0 Å². The van der Waals surface area contributed by atoms with Gasteiger partial charge in [0, 0.05) is 12.0 Å². The van der Waals surface area contributed by atoms with E-state index in [-0.39, 0.29) is 18.6 Å². The lowest BCUT2D eigenvalue weighted by molar-refractivity contribution is -0.136. The molecule has 0 amide bonds. The SMILES string of the molecule is CCCCOc1ccc(C(=O)CCC(=O)O)cc1. The summed E-state index contributed by atoms with van der Waals surface area (Å²) in [6, 6.07) is 6.82. The molecule has 0 bridgehead atoms. The monoisotopic (exact) mass is 250 g/mol. The van der Waals surface area contributed by atoms with Crippen molar-refractivity contribution in [2.45, 2.75) is 32.6 Å². The molecule has 98 valence electrons. The van der Waals surface area contributed by atoms with E-state index in [1.54, 1.807) is 24.3 Å². The first kappa shape index (κ1) is 14.2. The summed E-state index contributed by atoms with van der Waals surface area (Å²) in [5.74, 6) is -0.376. The number of benzene rings is 1. The molecule has 0 atom stereocenters. The summed E-state index contributed by atoms with van der Waals surface area (Å²) in [4.78, 5) is 22.0. The van der Waals surface area contributed by atoms with Gasteiger partial charge >= 0.3 is 5.97 Å². The lowest BCUT2D eigenvalue weighted by Crippen LogP contribution is -2.04. The van der Waals surface area contributed by atoms with E-state index in [4.69, 9.17) is 9.84 Å². The number of hydrogen-bond acceptors (Lipinski definition) is 3. The molecule has 0 heterocycles. The standard InChI is InChI=1S/C14H18O4/c1-2-3-10-18-12-6-4-11(5-7-12)13(15)8-9-14(16)17/h4-7H,2-3,8-10H2,1H3,(H,16,17). The van der Waals surface area contributed by atoms with Crippen LogP contribution in [-0.4, -0.2) is 23.5 Å². The highest BCUT2D eigenvalue weighted by atomic mass is 16.5. The zero-order valence-corrected chi connectivity index (χ0v) is 10.5. The molecule has 0 radical (unpaired) electrons. The molecule has 0 spiro atoms. The van der Waals surface area contributed by atoms with Gasteiger partial charge in [0.15, 0.2) is 5.78 Å². The average Bonchev–Trinajstić information content (AvgIpc) is 2.37. The van der Waals surface area contributed by atoms with Gasteiger partial charge in [0.2, 0.25) is 0 Å². The molecule has 0 unspecified atom stereocenters. The van der Waals surface area contributed by atoms with Crippen LogP contribution in [0.5, 0.6) is 5.75 Å². The molecule has 4 nitrogen and oxygen atoms in total. The molecule has 0 aliphatic carbocycles. The molecule has 0 aliphatic heterocycles. The number of carboxylic acids is 1. The van der Waals surface area contributed by atoms with Crippen molar-refractivity contribution in [2.75, 3.05) is 6.61 Å². The van der Waals surface area contributed by atoms with Crippen LogP contribution < -0.4 is 4.74 Å². The second-order valence-corrected chi connectivity index (χ2v) is 4.04. The number of ether oxygens (including phenoxy) is 1. The normalized spacial score (nSPS) is 10.1. The van der Waals surface area contributed by atoms with Gasteiger partial charge in [0.1, 0.15) is 5.75 Å². The summed E-state index contributed by atoms with van der Waals surface area (Å²) in [5, 5.41) is 8.50. The summed E-state index contributed by atoms with van der Waals surface area (Å²) < 4.78 is 5.47. The number of Topliss-reactive ketones (excluding diaryl/α,β-unsaturated/α-hetero) is 1. The highest BCUT2D eigenvalue weighted by Crippen LogP contribution is 2.14. The number of hydrogen-bond donors (Lipinski definition) is 1. The van der Waals surface area contributed by atoms with Crippen LogP contribution in [0.25, 0.3) is 0 Å². The van der Waals surface area contributed by atoms with E-state index in [9.17, 15) is 9.59 Å². The zero-order chi connectivity index (χ0) is 13.4. The molecule has 0 fully saturated rings. The summed E-state index contributed by atoms with van der Waals surface area (Å²) in [5.41, 5.74) is 0.527. The fraction of sp³-hybridized carbons (Fsp3) is 0.429. The Morgan fingerprint density at radius 1 is 1.17 bits per heavy atom. The quantitative estimate of drug-likeness (QED) is 0.569. The third-order valence-corrected chi connectivity index (χ3v) is 2.51. The van der Waals surface area contributed by atoms with Gasteiger partial charge in [0.05, 0.1) is 13.0 Å². The van der Waals surface area contributed by atoms with E-state index in [1.807, 2.05) is 0 Å². The van der Waals surface area contributed by atoms with Gasteiger partial charge in [-0.25, -0.2) is 0 Å². The number of unbranched alkanes of at least 4 members (excludes halogenated alkanes) is 1. The van der Waals surface area contributed by atoms with Gasteiger partial charge in [-0.3, -0.25) is 9.59 Å². The molecule has 0 saturated heterocycles. The largest absolute Gasteiger partial charge is 0.494 e. The smallest absolute Gasteiger partial charge is 0.303 e. The summed E-state index contributed by atoms with van der Waals surface area (Å²) >= 11 is 0. The van der Waals surface area contributed by atoms with Crippen LogP contribution in [0.15, 0.2) is 24.3 Å². The molecule has 0 aromatic heterocycles. The Balaban J connectivity index is 2.48. The first-order valence-electron chi connectivity index (χ1n) is 6.11. The third-order valence-electron chi connectivity index (χ3n) is 2.51. The molecule has 0 saturated carbocycles. The molecular formula is C14H18O4. The maximum Gasteiger partial charge on any atom is 0.303 e. The Bertz CT molecular complexity index is 395. The third kappa shape index (κ3) is 4.99. The minimum Gasteiger partial charge on any atom is -0.494 e. The highest BCUT2D eigenvalue weighted by molar-refractivity contribution is 5.97. The van der Waals surface area contributed by atoms with Crippen LogP contribution in [-0.2, 0) is 4.79 Å². The van der Waals surface area contributed by atoms with E-state index < -0.39 is 5.97 Å². The topological polar surface area (TPSA) is 63.6 Å². The van der Waals surface area contributed by atoms with E-state index in [1.165, 1.54) is 0 Å². The van der Waals surface area contributed by atoms with Gasteiger partial charge < -0.3 is 9.84 Å². The first-order valence-corrected chi connectivity index (χ1v) is 6.11. The number of carboxylic acid groups (broad SMARTS) is 1. The fourth-order valence-electron chi connectivity index (χ4n) is 1.44. The predicted octanol–water partition coefficient (Wildman–Crippen LogP) is 2.91. The molecule has 1 aromatic carbocycles. The Morgan fingerprint density at radius 2 is 1.83 bits per heavy atom. The summed E-state index contributed by atoms with van der Waals surface area (Å²) in [6.07, 6.45) is 1.98. The molecule has 1 aromatic rings. The lowest BCUT2D eigenvalue weighted by Gasteiger charge is -2.05. The van der Waals surface area contributed by atoms with Crippen LogP contribution >= 0.6 is 0 Å². The van der Waals surface area contributed by atoms with E-state index >= 15 is 0 Å². The number of ketones is 1. The predicted molar refractivity (Wildman–Crippen MR) is 68.0 cm³/mol. The Kier molecular flexibility index (Phi) is 5.91. The van der Waals surface area contributed by atoms with E-state index in [0.29, 0.717) is 12.2 Å². The minimum absolute atomic E-state index is 0.0331. The van der Waals surface area contributed by atoms with Crippen molar-refractivity contribution in [3.8, 4) is 5.75 Å². The van der Waals surface area contributed by atoms with Crippen LogP contribution in [0.2, 0.25) is 0 Å². The van der Waals surface area contributed by atoms with Crippen molar-refractivity contribution < 1.29 is 19.4 Å². The molecule has 1 N–H and O–H groups in total. The second-order valence-electron chi connectivity index (χ2n) is 4.04. The van der Waals surface area contributed by atoms with Crippen LogP contribution in [0.4, 0.5) is 0 Å². The van der Waals surface area contributed by atoms with Gasteiger partial charge in [-0.1, -0.05) is 13.3 Å². The van der Waals surface area contributed by atoms with Crippen LogP contribution in [0, 0.1) is 0 Å². The van der Waals surface area contributed by atoms with Crippen molar-refractivity contribution in [3.05, 3.63) is 29.8 Å². The molecule has 0 aliphatic rings. The van der Waals surface area contributed by atoms with E-state index in [0.717, 1.165) is 18.6 Å². The first-order chi connectivity index (χ1) is 8.63. The second kappa shape index (κ2) is 7.48. The van der Waals surface area contributed by atoms with Crippen LogP contribution in [0.1, 0.15) is 43.0 Å². The Morgan fingerprint density at radius 3 is 2.39 bits per heavy atom. The number of carbonyl (C=O) groups is 2. The van der Waals surface area contributed by atoms with Crippen molar-refractivity contribution in [3.63, 3.8) is 0 Å². The molecule has 1 rings (SSSR count). The van der Waals surface area contributed by atoms with Crippen molar-refractivity contribution in [1.29, 1.82) is 0 Å². The number of rotatable bonds is 8. The molecule has 18 heavy (non-hydrogen) atoms. The summed E-state index contributed by atoms with van der Waals surface area (Å²) in [7, 11) is 0. The summed E-state index contributed by atoms with van der Waals surface area (Å²) in [6.45, 7) is 2.76. The zero-order valence-electron chi connectivity index (χ0n) is 10.5. The average molecular weight is 250 g/mol. The lowest BCUT2D eigenvalue weighted by atomic mass is 10.1. The molecular weight excluding hydrogens is 232 g/mol. The van der Waals surface area contributed by atoms with Crippen LogP contribution in [0.3, 0.4) is 0 Å². The van der Waals surface area contributed by atoms with Crippen molar-refractivity contribution in [2.24, 2.45) is 0 Å². The van der Waals surface area contributed by atoms with E-state index in [2.05, 4.69) is 6.92 Å². The number of carbonyl (C=O) groups excluding carboxylic acids is 1. The van der Waals surface area contributed by atoms with Gasteiger partial charge in [-0.2, -0.15) is 0 Å². The number of aliphatic carboxylic acids is 1. The van der Waals surface area contributed by atoms with Gasteiger partial charge in [0.25, 0.3) is 0 Å². The van der Waals surface area contributed by atoms with Crippen molar-refractivity contribution in [1.82, 2.24) is 0 Å². The fourth-order valence-corrected chi connectivity index (χ4v) is 1.44. The van der Waals surface area contributed by atoms with Gasteiger partial charge in [-0.05, 0) is 30.7 Å². The minimum atomic E-state index is -0.956. The maximum absolute atomic E-state index is 11.6. The Hall–Kier alpha value is -1.84. The van der Waals surface area contributed by atoms with Crippen molar-refractivity contribution >= 4 is 11.8 Å². The highest BCUT2D eigenvalue weighted by Gasteiger charge is 2.08. The molecule has 4 heteroatoms.